The fraction of sp³-hybridized carbons (Fsp3) is 0.400. The molecule has 1 aliphatic heterocycles. The second-order valence-corrected chi connectivity index (χ2v) is 9.92. The molecular formula is C25H29N3O6S. The van der Waals surface area contributed by atoms with Crippen molar-refractivity contribution in [2.75, 3.05) is 37.7 Å². The second-order valence-electron chi connectivity index (χ2n) is 7.98. The molecular weight excluding hydrogens is 470 g/mol. The van der Waals surface area contributed by atoms with Crippen LogP contribution in [-0.4, -0.2) is 57.4 Å². The first-order chi connectivity index (χ1) is 16.9. The van der Waals surface area contributed by atoms with E-state index in [0.717, 1.165) is 0 Å². The third kappa shape index (κ3) is 6.81. The van der Waals surface area contributed by atoms with Crippen LogP contribution in [-0.2, 0) is 24.3 Å². The number of anilines is 1. The Labute approximate surface area is 205 Å². The Kier molecular flexibility index (Phi) is 9.23. The van der Waals surface area contributed by atoms with Crippen LogP contribution in [0.1, 0.15) is 26.2 Å². The summed E-state index contributed by atoms with van der Waals surface area (Å²) in [5, 5.41) is 8.89. The Balaban J connectivity index is 1.53. The number of nitriles is 1. The van der Waals surface area contributed by atoms with Gasteiger partial charge in [0.1, 0.15) is 5.75 Å². The molecule has 0 bridgehead atoms. The number of esters is 1. The average Bonchev–Trinajstić information content (AvgIpc) is 2.88. The van der Waals surface area contributed by atoms with Crippen LogP contribution in [0.5, 0.6) is 5.75 Å². The summed E-state index contributed by atoms with van der Waals surface area (Å²) in [6, 6.07) is 17.1. The van der Waals surface area contributed by atoms with Crippen molar-refractivity contribution in [1.29, 1.82) is 5.26 Å². The van der Waals surface area contributed by atoms with Crippen molar-refractivity contribution < 1.29 is 27.5 Å². The van der Waals surface area contributed by atoms with Gasteiger partial charge in [0.2, 0.25) is 10.0 Å². The normalized spacial score (nSPS) is 14.6. The average molecular weight is 500 g/mol. The number of ether oxygens (including phenoxy) is 2. The van der Waals surface area contributed by atoms with Gasteiger partial charge in [0.05, 0.1) is 29.9 Å². The lowest BCUT2D eigenvalue weighted by molar-refractivity contribution is -0.153. The first-order valence-electron chi connectivity index (χ1n) is 11.5. The number of amides is 1. The number of carbonyl (C=O) groups is 2. The Morgan fingerprint density at radius 1 is 1.09 bits per heavy atom. The molecule has 2 aromatic rings. The van der Waals surface area contributed by atoms with Crippen molar-refractivity contribution >= 4 is 27.6 Å². The van der Waals surface area contributed by atoms with E-state index in [0.29, 0.717) is 30.9 Å². The Bertz CT molecular complexity index is 1140. The van der Waals surface area contributed by atoms with E-state index in [1.807, 2.05) is 19.1 Å². The van der Waals surface area contributed by atoms with E-state index in [2.05, 4.69) is 0 Å². The number of nitrogens with zero attached hydrogens (tertiary/aromatic N) is 3. The molecule has 0 unspecified atom stereocenters. The molecule has 1 fully saturated rings. The molecule has 0 N–H and O–H groups in total. The van der Waals surface area contributed by atoms with E-state index in [4.69, 9.17) is 14.7 Å². The molecule has 1 aliphatic rings. The van der Waals surface area contributed by atoms with Crippen LogP contribution < -0.4 is 9.64 Å². The lowest BCUT2D eigenvalue weighted by Gasteiger charge is -2.30. The van der Waals surface area contributed by atoms with Crippen LogP contribution in [0.4, 0.5) is 5.69 Å². The number of sulfonamides is 1. The summed E-state index contributed by atoms with van der Waals surface area (Å²) in [5.41, 5.74) is 0.622. The molecule has 1 heterocycles. The van der Waals surface area contributed by atoms with Crippen LogP contribution in [0.3, 0.4) is 0 Å². The molecule has 186 valence electrons. The maximum absolute atomic E-state index is 12.9. The molecule has 0 radical (unpaired) electrons. The molecule has 3 rings (SSSR count). The van der Waals surface area contributed by atoms with Crippen LogP contribution in [0.25, 0.3) is 0 Å². The zero-order chi connectivity index (χ0) is 25.3. The summed E-state index contributed by atoms with van der Waals surface area (Å²) in [6.45, 7) is 2.46. The Hall–Kier alpha value is -3.42. The van der Waals surface area contributed by atoms with Gasteiger partial charge >= 0.3 is 5.97 Å². The topological polar surface area (TPSA) is 117 Å². The lowest BCUT2D eigenvalue weighted by atomic mass is 9.98. The number of para-hydroxylation sites is 1. The van der Waals surface area contributed by atoms with Crippen molar-refractivity contribution in [3.8, 4) is 11.8 Å². The van der Waals surface area contributed by atoms with Crippen molar-refractivity contribution in [2.45, 2.75) is 31.1 Å². The molecule has 0 saturated carbocycles. The molecule has 9 nitrogen and oxygen atoms in total. The third-order valence-corrected chi connectivity index (χ3v) is 7.63. The summed E-state index contributed by atoms with van der Waals surface area (Å²) in [4.78, 5) is 26.9. The molecule has 0 spiro atoms. The second kappa shape index (κ2) is 12.3. The molecule has 1 amide bonds. The maximum Gasteiger partial charge on any atom is 0.309 e. The van der Waals surface area contributed by atoms with Gasteiger partial charge in [-0.1, -0.05) is 18.2 Å². The van der Waals surface area contributed by atoms with Gasteiger partial charge in [-0.15, -0.1) is 0 Å². The van der Waals surface area contributed by atoms with Gasteiger partial charge in [-0.3, -0.25) is 9.59 Å². The summed E-state index contributed by atoms with van der Waals surface area (Å²) in [7, 11) is -3.68. The highest BCUT2D eigenvalue weighted by Gasteiger charge is 2.33. The van der Waals surface area contributed by atoms with Crippen molar-refractivity contribution in [2.24, 2.45) is 5.92 Å². The van der Waals surface area contributed by atoms with E-state index in [-0.39, 0.29) is 31.0 Å². The number of hydrogen-bond acceptors (Lipinski definition) is 7. The number of piperidine rings is 1. The quantitative estimate of drug-likeness (QED) is 0.461. The molecule has 1 saturated heterocycles. The first-order valence-corrected chi connectivity index (χ1v) is 12.9. The van der Waals surface area contributed by atoms with Gasteiger partial charge in [-0.05, 0) is 56.2 Å². The largest absolute Gasteiger partial charge is 0.494 e. The van der Waals surface area contributed by atoms with Gasteiger partial charge in [-0.2, -0.15) is 9.57 Å². The monoisotopic (exact) mass is 499 g/mol. The first kappa shape index (κ1) is 26.2. The predicted octanol–water partition coefficient (Wildman–Crippen LogP) is 2.98. The fourth-order valence-corrected chi connectivity index (χ4v) is 5.32. The van der Waals surface area contributed by atoms with Crippen molar-refractivity contribution in [1.82, 2.24) is 4.31 Å². The van der Waals surface area contributed by atoms with Crippen LogP contribution in [0.15, 0.2) is 59.5 Å². The summed E-state index contributed by atoms with van der Waals surface area (Å²) in [6.07, 6.45) is 0.760. The minimum Gasteiger partial charge on any atom is -0.494 e. The Morgan fingerprint density at radius 2 is 1.74 bits per heavy atom. The summed E-state index contributed by atoms with van der Waals surface area (Å²) in [5.74, 6) is -0.833. The summed E-state index contributed by atoms with van der Waals surface area (Å²) < 4.78 is 37.9. The van der Waals surface area contributed by atoms with E-state index in [1.54, 1.807) is 36.4 Å². The zero-order valence-electron chi connectivity index (χ0n) is 19.6. The highest BCUT2D eigenvalue weighted by Crippen LogP contribution is 2.26. The van der Waals surface area contributed by atoms with Gasteiger partial charge < -0.3 is 14.4 Å². The summed E-state index contributed by atoms with van der Waals surface area (Å²) >= 11 is 0. The number of benzene rings is 2. The molecule has 2 aromatic carbocycles. The molecule has 35 heavy (non-hydrogen) atoms. The van der Waals surface area contributed by atoms with Crippen LogP contribution in [0, 0.1) is 17.2 Å². The van der Waals surface area contributed by atoms with E-state index in [9.17, 15) is 18.0 Å². The zero-order valence-corrected chi connectivity index (χ0v) is 20.4. The smallest absolute Gasteiger partial charge is 0.309 e. The van der Waals surface area contributed by atoms with E-state index in [1.165, 1.54) is 21.3 Å². The minimum absolute atomic E-state index is 0.149. The highest BCUT2D eigenvalue weighted by molar-refractivity contribution is 7.89. The maximum atomic E-state index is 12.9. The van der Waals surface area contributed by atoms with Gasteiger partial charge in [0.25, 0.3) is 5.91 Å². The number of rotatable bonds is 10. The van der Waals surface area contributed by atoms with Crippen LogP contribution in [0.2, 0.25) is 0 Å². The van der Waals surface area contributed by atoms with E-state index >= 15 is 0 Å². The molecule has 10 heteroatoms. The number of carbonyl (C=O) groups excluding carboxylic acids is 2. The van der Waals surface area contributed by atoms with Gasteiger partial charge in [0.15, 0.2) is 6.61 Å². The third-order valence-electron chi connectivity index (χ3n) is 5.71. The molecule has 0 aliphatic carbocycles. The van der Waals surface area contributed by atoms with E-state index < -0.39 is 34.4 Å². The van der Waals surface area contributed by atoms with Crippen molar-refractivity contribution in [3.63, 3.8) is 0 Å². The lowest BCUT2D eigenvalue weighted by Crippen LogP contribution is -2.41. The van der Waals surface area contributed by atoms with Gasteiger partial charge in [0, 0.05) is 25.3 Å². The fourth-order valence-electron chi connectivity index (χ4n) is 3.85. The highest BCUT2D eigenvalue weighted by atomic mass is 32.2. The standard InChI is InChI=1S/C25H29N3O6S/c1-2-33-22-9-11-23(12-10-22)35(31,32)27-17-13-20(14-18-27)25(30)34-19-24(29)28(16-6-15-26)21-7-4-3-5-8-21/h3-5,7-12,20H,2,6,13-14,16-19H2,1H3. The predicted molar refractivity (Wildman–Crippen MR) is 129 cm³/mol. The van der Waals surface area contributed by atoms with Gasteiger partial charge in [-0.25, -0.2) is 8.42 Å². The number of hydrogen-bond donors (Lipinski definition) is 0. The SMILES string of the molecule is CCOc1ccc(S(=O)(=O)N2CCC(C(=O)OCC(=O)N(CCC#N)c3ccccc3)CC2)cc1. The minimum atomic E-state index is -3.68. The van der Waals surface area contributed by atoms with Crippen LogP contribution >= 0.6 is 0 Å². The molecule has 0 aromatic heterocycles. The Morgan fingerprint density at radius 3 is 2.34 bits per heavy atom. The van der Waals surface area contributed by atoms with Crippen molar-refractivity contribution in [3.05, 3.63) is 54.6 Å². The molecule has 0 atom stereocenters.